The number of carbonyl (C=O) groups excluding carboxylic acids is 2. The first-order valence-corrected chi connectivity index (χ1v) is 17.2. The highest BCUT2D eigenvalue weighted by Crippen LogP contribution is 2.40. The Hall–Kier alpha value is -5.37. The van der Waals surface area contributed by atoms with Crippen LogP contribution in [0.25, 0.3) is 28.0 Å². The summed E-state index contributed by atoms with van der Waals surface area (Å²) in [5, 5.41) is 12.2. The second kappa shape index (κ2) is 14.0. The van der Waals surface area contributed by atoms with Crippen molar-refractivity contribution in [3.63, 3.8) is 0 Å². The van der Waals surface area contributed by atoms with E-state index in [1.807, 2.05) is 25.7 Å². The third kappa shape index (κ3) is 6.82. The number of pyridine rings is 2. The van der Waals surface area contributed by atoms with Gasteiger partial charge < -0.3 is 29.1 Å². The molecule has 1 saturated heterocycles. The van der Waals surface area contributed by atoms with Crippen LogP contribution in [0.2, 0.25) is 0 Å². The topological polar surface area (TPSA) is 149 Å². The number of ether oxygens (including phenoxy) is 3. The number of aliphatic hydroxyl groups excluding tert-OH is 1. The predicted molar refractivity (Wildman–Crippen MR) is 192 cm³/mol. The van der Waals surface area contributed by atoms with Gasteiger partial charge in [-0.1, -0.05) is 26.5 Å². The number of anilines is 1. The quantitative estimate of drug-likeness (QED) is 0.214. The first-order valence-electron chi connectivity index (χ1n) is 17.2. The van der Waals surface area contributed by atoms with Gasteiger partial charge in [0.2, 0.25) is 5.91 Å². The van der Waals surface area contributed by atoms with Crippen LogP contribution < -0.4 is 15.3 Å². The lowest BCUT2D eigenvalue weighted by molar-refractivity contribution is -0.126. The summed E-state index contributed by atoms with van der Waals surface area (Å²) >= 11 is 0. The van der Waals surface area contributed by atoms with Gasteiger partial charge in [-0.15, -0.1) is 0 Å². The molecule has 4 aromatic rings. The normalized spacial score (nSPS) is 18.9. The number of benzene rings is 1. The van der Waals surface area contributed by atoms with Crippen LogP contribution in [-0.2, 0) is 14.3 Å². The van der Waals surface area contributed by atoms with Crippen molar-refractivity contribution in [2.45, 2.75) is 78.2 Å². The molecule has 2 aliphatic rings. The lowest BCUT2D eigenvalue weighted by Gasteiger charge is -2.40. The van der Waals surface area contributed by atoms with Crippen LogP contribution in [0.15, 0.2) is 54.0 Å². The number of carbonyl (C=O) groups is 2. The Morgan fingerprint density at radius 3 is 2.60 bits per heavy atom. The van der Waals surface area contributed by atoms with E-state index in [0.29, 0.717) is 42.1 Å². The lowest BCUT2D eigenvalue weighted by atomic mass is 9.97. The molecule has 52 heavy (non-hydrogen) atoms. The van der Waals surface area contributed by atoms with Crippen molar-refractivity contribution in [1.82, 2.24) is 24.4 Å². The summed E-state index contributed by atoms with van der Waals surface area (Å²) in [5.74, 6) is -0.680. The molecule has 2 unspecified atom stereocenters. The minimum Gasteiger partial charge on any atom is -0.490 e. The molecule has 5 heterocycles. The van der Waals surface area contributed by atoms with Gasteiger partial charge in [0.05, 0.1) is 28.0 Å². The molecule has 6 rings (SSSR count). The monoisotopic (exact) mass is 714 g/mol. The molecule has 3 atom stereocenters. The van der Waals surface area contributed by atoms with E-state index >= 15 is 4.39 Å². The summed E-state index contributed by atoms with van der Waals surface area (Å²) in [6, 6.07) is 7.42. The number of aliphatic hydroxyl groups is 1. The SMILES string of the molecule is C=CC(=O)N1CCN(c2nc(=O)n3c4nc(c(C)cc24)-c2c(F)cccc2OCC(O)C(OC(=O)OC(C)(C)C)c2ccnc(C(C)C)c2-3)[C@@H](C)C1. The number of hydrogen-bond donors (Lipinski definition) is 1. The van der Waals surface area contributed by atoms with Gasteiger partial charge in [-0.3, -0.25) is 9.78 Å². The van der Waals surface area contributed by atoms with Crippen LogP contribution >= 0.6 is 0 Å². The molecule has 3 aromatic heterocycles. The van der Waals surface area contributed by atoms with E-state index in [4.69, 9.17) is 19.2 Å². The number of hydrogen-bond acceptors (Lipinski definition) is 11. The second-order valence-electron chi connectivity index (χ2n) is 14.4. The fourth-order valence-corrected chi connectivity index (χ4v) is 6.73. The Labute approximate surface area is 300 Å². The zero-order chi connectivity index (χ0) is 37.6. The van der Waals surface area contributed by atoms with Crippen molar-refractivity contribution in [1.29, 1.82) is 0 Å². The van der Waals surface area contributed by atoms with Crippen LogP contribution in [0.4, 0.5) is 15.0 Å². The minimum absolute atomic E-state index is 0.0251. The number of amides is 1. The zero-order valence-corrected chi connectivity index (χ0v) is 30.3. The third-order valence-electron chi connectivity index (χ3n) is 9.07. The van der Waals surface area contributed by atoms with Gasteiger partial charge in [0, 0.05) is 37.4 Å². The lowest BCUT2D eigenvalue weighted by Crippen LogP contribution is -2.54. The van der Waals surface area contributed by atoms with Crippen molar-refractivity contribution in [3.05, 3.63) is 82.3 Å². The van der Waals surface area contributed by atoms with Crippen molar-refractivity contribution >= 4 is 28.9 Å². The van der Waals surface area contributed by atoms with Crippen molar-refractivity contribution < 1.29 is 33.3 Å². The van der Waals surface area contributed by atoms with Gasteiger partial charge in [0.15, 0.2) is 11.8 Å². The van der Waals surface area contributed by atoms with E-state index in [1.165, 1.54) is 29.0 Å². The predicted octanol–water partition coefficient (Wildman–Crippen LogP) is 5.38. The highest BCUT2D eigenvalue weighted by Gasteiger charge is 2.36. The van der Waals surface area contributed by atoms with Crippen molar-refractivity contribution in [2.24, 2.45) is 0 Å². The number of aryl methyl sites for hydroxylation is 1. The van der Waals surface area contributed by atoms with Crippen LogP contribution in [0.3, 0.4) is 0 Å². The first-order chi connectivity index (χ1) is 24.6. The number of halogens is 1. The summed E-state index contributed by atoms with van der Waals surface area (Å²) in [6.07, 6.45) is -1.24. The summed E-state index contributed by atoms with van der Waals surface area (Å²) in [7, 11) is 0. The van der Waals surface area contributed by atoms with Crippen LogP contribution in [-0.4, -0.2) is 85.6 Å². The number of piperazine rings is 1. The Morgan fingerprint density at radius 2 is 1.92 bits per heavy atom. The molecule has 13 nitrogen and oxygen atoms in total. The Kier molecular flexibility index (Phi) is 9.79. The van der Waals surface area contributed by atoms with Gasteiger partial charge in [-0.05, 0) is 76.4 Å². The van der Waals surface area contributed by atoms with Gasteiger partial charge in [-0.25, -0.2) is 23.5 Å². The van der Waals surface area contributed by atoms with E-state index in [0.717, 1.165) is 0 Å². The molecule has 0 radical (unpaired) electrons. The molecule has 14 heteroatoms. The highest BCUT2D eigenvalue weighted by molar-refractivity contribution is 5.92. The highest BCUT2D eigenvalue weighted by atomic mass is 19.1. The number of rotatable bonds is 4. The molecule has 0 saturated carbocycles. The average Bonchev–Trinajstić information content (AvgIpc) is 3.07. The maximum Gasteiger partial charge on any atom is 0.509 e. The molecule has 274 valence electrons. The fraction of sp³-hybridized carbons (Fsp3) is 0.421. The molecule has 2 aliphatic heterocycles. The van der Waals surface area contributed by atoms with Gasteiger partial charge in [0.25, 0.3) is 0 Å². The smallest absolute Gasteiger partial charge is 0.490 e. The number of nitrogens with zero attached hydrogens (tertiary/aromatic N) is 6. The average molecular weight is 715 g/mol. The molecule has 1 amide bonds. The third-order valence-corrected chi connectivity index (χ3v) is 9.07. The summed E-state index contributed by atoms with van der Waals surface area (Å²) in [6.45, 7) is 16.8. The van der Waals surface area contributed by atoms with E-state index in [2.05, 4.69) is 16.5 Å². The van der Waals surface area contributed by atoms with Crippen LogP contribution in [0, 0.1) is 12.7 Å². The van der Waals surface area contributed by atoms with Crippen molar-refractivity contribution in [3.8, 4) is 22.7 Å². The van der Waals surface area contributed by atoms with Crippen LogP contribution in [0.5, 0.6) is 5.75 Å². The Morgan fingerprint density at radius 1 is 1.17 bits per heavy atom. The number of aromatic nitrogens is 4. The van der Waals surface area contributed by atoms with E-state index in [9.17, 15) is 19.5 Å². The van der Waals surface area contributed by atoms with Gasteiger partial charge in [0.1, 0.15) is 35.7 Å². The molecular weight excluding hydrogens is 671 g/mol. The maximum absolute atomic E-state index is 15.9. The first kappa shape index (κ1) is 36.4. The molecule has 2 bridgehead atoms. The van der Waals surface area contributed by atoms with Crippen molar-refractivity contribution in [2.75, 3.05) is 31.1 Å². The maximum atomic E-state index is 15.9. The van der Waals surface area contributed by atoms with Crippen LogP contribution in [0.1, 0.15) is 70.4 Å². The Bertz CT molecular complexity index is 2130. The molecule has 1 N–H and O–H groups in total. The summed E-state index contributed by atoms with van der Waals surface area (Å²) < 4.78 is 34.6. The fourth-order valence-electron chi connectivity index (χ4n) is 6.73. The van der Waals surface area contributed by atoms with E-state index in [-0.39, 0.29) is 51.8 Å². The standard InChI is InChI=1S/C38H43FN6O7/c1-9-28(47)43-15-16-44(22(5)18-43)34-24-17-21(4)31-29-25(39)11-10-12-27(29)50-19-26(46)33(51-37(49)52-38(6,7)8)23-13-14-40-30(20(2)3)32(23)45(35(24)41-31)36(48)42-34/h9-14,17,20,22,26,33,46H,1,15-16,18-19H2,2-8H3/t22-,26?,33?/m0/s1. The molecular formula is C38H43FN6O7. The van der Waals surface area contributed by atoms with Gasteiger partial charge >= 0.3 is 11.8 Å². The minimum atomic E-state index is -1.52. The zero-order valence-electron chi connectivity index (χ0n) is 30.3. The Balaban J connectivity index is 1.70. The van der Waals surface area contributed by atoms with E-state index < -0.39 is 42.1 Å². The molecule has 1 fully saturated rings. The summed E-state index contributed by atoms with van der Waals surface area (Å²) in [4.78, 5) is 58.2. The second-order valence-corrected chi connectivity index (χ2v) is 14.4. The summed E-state index contributed by atoms with van der Waals surface area (Å²) in [5.41, 5.74) is 0.149. The largest absolute Gasteiger partial charge is 0.509 e. The molecule has 0 aliphatic carbocycles. The number of fused-ring (bicyclic) bond motifs is 5. The molecule has 0 spiro atoms. The van der Waals surface area contributed by atoms with E-state index in [1.54, 1.807) is 50.8 Å². The van der Waals surface area contributed by atoms with Gasteiger partial charge in [-0.2, -0.15) is 4.98 Å². The molecule has 1 aromatic carbocycles.